The maximum atomic E-state index is 14.1. The minimum atomic E-state index is -0.630. The molecule has 1 aromatic carbocycles. The smallest absolute Gasteiger partial charge is 0.254 e. The molecule has 1 aromatic heterocycles. The minimum Gasteiger partial charge on any atom is -0.376 e. The van der Waals surface area contributed by atoms with Crippen LogP contribution in [0.4, 0.5) is 15.8 Å². The molecule has 0 N–H and O–H groups in total. The Bertz CT molecular complexity index is 1030. The van der Waals surface area contributed by atoms with E-state index in [-0.39, 0.29) is 17.8 Å². The Kier molecular flexibility index (Phi) is 3.96. The number of ether oxygens (including phenoxy) is 1. The number of carbonyl (C=O) groups is 1. The normalized spacial score (nSPS) is 31.9. The molecule has 1 saturated carbocycles. The largest absolute Gasteiger partial charge is 0.376 e. The lowest BCUT2D eigenvalue weighted by Crippen LogP contribution is -2.54. The van der Waals surface area contributed by atoms with Crippen molar-refractivity contribution in [1.29, 1.82) is 0 Å². The van der Waals surface area contributed by atoms with Gasteiger partial charge in [-0.15, -0.1) is 0 Å². The van der Waals surface area contributed by atoms with E-state index < -0.39 is 12.1 Å². The predicted octanol–water partition coefficient (Wildman–Crippen LogP) is 2.82. The van der Waals surface area contributed by atoms with E-state index in [1.54, 1.807) is 22.2 Å². The number of rotatable bonds is 4. The number of nitrogens with zero attached hydrogens (tertiary/aromatic N) is 5. The first-order valence-electron chi connectivity index (χ1n) is 10.5. The van der Waals surface area contributed by atoms with Crippen LogP contribution in [-0.2, 0) is 9.53 Å². The molecule has 8 nitrogen and oxygen atoms in total. The van der Waals surface area contributed by atoms with Gasteiger partial charge in [-0.1, -0.05) is 12.1 Å². The van der Waals surface area contributed by atoms with Gasteiger partial charge < -0.3 is 19.1 Å². The molecule has 2 fully saturated rings. The quantitative estimate of drug-likeness (QED) is 0.769. The number of aliphatic imine (C=N–C) groups is 1. The molecule has 1 aliphatic carbocycles. The van der Waals surface area contributed by atoms with Crippen LogP contribution in [0.15, 0.2) is 27.7 Å². The second-order valence-corrected chi connectivity index (χ2v) is 8.59. The van der Waals surface area contributed by atoms with Crippen LogP contribution in [0.5, 0.6) is 0 Å². The summed E-state index contributed by atoms with van der Waals surface area (Å²) in [6, 6.07) is 3.27. The fourth-order valence-electron chi connectivity index (χ4n) is 4.70. The number of benzene rings is 1. The second kappa shape index (κ2) is 6.60. The Morgan fingerprint density at radius 1 is 1.30 bits per heavy atom. The summed E-state index contributed by atoms with van der Waals surface area (Å²) >= 11 is 0. The van der Waals surface area contributed by atoms with Crippen molar-refractivity contribution in [1.82, 2.24) is 10.1 Å². The Balaban J connectivity index is 1.36. The third-order valence-electron chi connectivity index (χ3n) is 6.54. The average Bonchev–Trinajstić information content (AvgIpc) is 3.22. The summed E-state index contributed by atoms with van der Waals surface area (Å²) in [7, 11) is 0. The third kappa shape index (κ3) is 2.75. The van der Waals surface area contributed by atoms with Gasteiger partial charge in [-0.05, 0) is 43.4 Å². The highest BCUT2D eigenvalue weighted by Crippen LogP contribution is 2.47. The highest BCUT2D eigenvalue weighted by atomic mass is 19.1. The monoisotopic (exact) mass is 411 g/mol. The first-order valence-corrected chi connectivity index (χ1v) is 10.5. The molecule has 9 heteroatoms. The molecule has 0 bridgehead atoms. The summed E-state index contributed by atoms with van der Waals surface area (Å²) in [6.07, 6.45) is 4.47. The Morgan fingerprint density at radius 3 is 2.93 bits per heavy atom. The molecule has 4 aliphatic rings. The van der Waals surface area contributed by atoms with Gasteiger partial charge in [-0.3, -0.25) is 9.79 Å². The number of hydrogen-bond acceptors (Lipinski definition) is 7. The summed E-state index contributed by atoms with van der Waals surface area (Å²) in [5, 5.41) is 4.12. The van der Waals surface area contributed by atoms with Crippen LogP contribution in [0.2, 0.25) is 0 Å². The van der Waals surface area contributed by atoms with Gasteiger partial charge in [0.05, 0.1) is 30.4 Å². The van der Waals surface area contributed by atoms with E-state index in [4.69, 9.17) is 9.26 Å². The fourth-order valence-corrected chi connectivity index (χ4v) is 4.70. The second-order valence-electron chi connectivity index (χ2n) is 8.59. The van der Waals surface area contributed by atoms with Crippen molar-refractivity contribution in [3.05, 3.63) is 35.7 Å². The van der Waals surface area contributed by atoms with Crippen molar-refractivity contribution in [2.45, 2.75) is 50.3 Å². The molecule has 0 spiro atoms. The molecule has 4 heterocycles. The van der Waals surface area contributed by atoms with Crippen LogP contribution >= 0.6 is 0 Å². The number of halogens is 1. The van der Waals surface area contributed by atoms with E-state index in [2.05, 4.69) is 22.1 Å². The molecule has 1 amide bonds. The topological polar surface area (TPSA) is 84.1 Å². The van der Waals surface area contributed by atoms with Gasteiger partial charge >= 0.3 is 0 Å². The lowest BCUT2D eigenvalue weighted by Gasteiger charge is -2.39. The SMILES string of the molecule is CC1CC1c1noc(C2N=CN3c4ccc(F)cc4N(CC4CCCO4)C(=O)C23)n1. The zero-order valence-corrected chi connectivity index (χ0v) is 16.6. The maximum Gasteiger partial charge on any atom is 0.254 e. The van der Waals surface area contributed by atoms with E-state index in [0.717, 1.165) is 24.9 Å². The lowest BCUT2D eigenvalue weighted by atomic mass is 10.0. The van der Waals surface area contributed by atoms with E-state index in [0.29, 0.717) is 42.4 Å². The molecule has 2 aromatic rings. The molecule has 156 valence electrons. The number of anilines is 2. The van der Waals surface area contributed by atoms with Crippen LogP contribution in [0, 0.1) is 11.7 Å². The molecule has 3 aliphatic heterocycles. The van der Waals surface area contributed by atoms with Crippen molar-refractivity contribution in [2.24, 2.45) is 10.9 Å². The number of hydrogen-bond donors (Lipinski definition) is 0. The van der Waals surface area contributed by atoms with Crippen LogP contribution in [0.3, 0.4) is 0 Å². The van der Waals surface area contributed by atoms with Gasteiger partial charge in [0.1, 0.15) is 11.9 Å². The molecule has 5 unspecified atom stereocenters. The number of aromatic nitrogens is 2. The number of carbonyl (C=O) groups excluding carboxylic acids is 1. The minimum absolute atomic E-state index is 0.0521. The molecule has 5 atom stereocenters. The molecular formula is C21H22FN5O3. The van der Waals surface area contributed by atoms with Crippen LogP contribution in [-0.4, -0.2) is 47.7 Å². The van der Waals surface area contributed by atoms with Gasteiger partial charge in [0.15, 0.2) is 11.9 Å². The molecule has 1 saturated heterocycles. The van der Waals surface area contributed by atoms with Crippen LogP contribution < -0.4 is 9.80 Å². The molecule has 0 radical (unpaired) electrons. The van der Waals surface area contributed by atoms with E-state index in [9.17, 15) is 9.18 Å². The molecule has 6 rings (SSSR count). The summed E-state index contributed by atoms with van der Waals surface area (Å²) in [5.74, 6) is 1.37. The van der Waals surface area contributed by atoms with Crippen molar-refractivity contribution in [3.63, 3.8) is 0 Å². The van der Waals surface area contributed by atoms with Gasteiger partial charge in [0, 0.05) is 12.5 Å². The third-order valence-corrected chi connectivity index (χ3v) is 6.54. The van der Waals surface area contributed by atoms with Crippen LogP contribution in [0.25, 0.3) is 0 Å². The van der Waals surface area contributed by atoms with Gasteiger partial charge in [0.25, 0.3) is 11.8 Å². The molecular weight excluding hydrogens is 389 g/mol. The maximum absolute atomic E-state index is 14.1. The zero-order chi connectivity index (χ0) is 20.4. The lowest BCUT2D eigenvalue weighted by molar-refractivity contribution is -0.120. The average molecular weight is 411 g/mol. The van der Waals surface area contributed by atoms with Crippen LogP contribution in [0.1, 0.15) is 49.9 Å². The fraction of sp³-hybridized carbons (Fsp3) is 0.524. The van der Waals surface area contributed by atoms with Crippen molar-refractivity contribution in [3.8, 4) is 0 Å². The van der Waals surface area contributed by atoms with Crippen molar-refractivity contribution in [2.75, 3.05) is 23.0 Å². The number of fused-ring (bicyclic) bond motifs is 3. The summed E-state index contributed by atoms with van der Waals surface area (Å²) in [4.78, 5) is 26.1. The molecule has 30 heavy (non-hydrogen) atoms. The standard InChI is InChI=1S/C21H22FN5O3/c1-11-7-14(11)19-24-20(30-25-19)17-18-21(28)26(9-13-3-2-6-29-13)16-8-12(22)4-5-15(16)27(18)10-23-17/h4-5,8,10-11,13-14,17-18H,2-3,6-7,9H2,1H3. The predicted molar refractivity (Wildman–Crippen MR) is 106 cm³/mol. The Hall–Kier alpha value is -2.81. The van der Waals surface area contributed by atoms with Gasteiger partial charge in [-0.25, -0.2) is 4.39 Å². The summed E-state index contributed by atoms with van der Waals surface area (Å²) < 4.78 is 25.3. The van der Waals surface area contributed by atoms with E-state index >= 15 is 0 Å². The van der Waals surface area contributed by atoms with Crippen molar-refractivity contribution < 1.29 is 18.4 Å². The van der Waals surface area contributed by atoms with Crippen molar-refractivity contribution >= 4 is 23.6 Å². The zero-order valence-electron chi connectivity index (χ0n) is 16.6. The highest BCUT2D eigenvalue weighted by molar-refractivity contribution is 6.11. The first kappa shape index (κ1) is 18.0. The van der Waals surface area contributed by atoms with E-state index in [1.807, 2.05) is 0 Å². The Labute approximate surface area is 172 Å². The van der Waals surface area contributed by atoms with E-state index in [1.165, 1.54) is 12.1 Å². The summed E-state index contributed by atoms with van der Waals surface area (Å²) in [5.41, 5.74) is 1.28. The highest BCUT2D eigenvalue weighted by Gasteiger charge is 2.49. The number of amides is 1. The van der Waals surface area contributed by atoms with Gasteiger partial charge in [0.2, 0.25) is 0 Å². The van der Waals surface area contributed by atoms with Gasteiger partial charge in [-0.2, -0.15) is 4.98 Å². The summed E-state index contributed by atoms with van der Waals surface area (Å²) in [6.45, 7) is 3.23. The Morgan fingerprint density at radius 2 is 2.17 bits per heavy atom. The first-order chi connectivity index (χ1) is 14.6.